The summed E-state index contributed by atoms with van der Waals surface area (Å²) in [5, 5.41) is 31.0. The molecule has 0 fully saturated rings. The maximum Gasteiger partial charge on any atom is 0.323 e. The first-order valence-corrected chi connectivity index (χ1v) is 13.6. The van der Waals surface area contributed by atoms with Crippen LogP contribution in [-0.4, -0.2) is 33.8 Å². The maximum absolute atomic E-state index is 13.9. The fourth-order valence-corrected chi connectivity index (χ4v) is 5.24. The number of halogens is 2. The van der Waals surface area contributed by atoms with E-state index < -0.39 is 18.6 Å². The number of aliphatic hydroxyl groups is 1. The van der Waals surface area contributed by atoms with E-state index in [2.05, 4.69) is 10.3 Å². The van der Waals surface area contributed by atoms with E-state index >= 15 is 0 Å². The fraction of sp³-hybridized carbons (Fsp3) is 0.219. The van der Waals surface area contributed by atoms with Crippen molar-refractivity contribution in [2.24, 2.45) is 0 Å². The van der Waals surface area contributed by atoms with Crippen LogP contribution in [0.25, 0.3) is 11.1 Å². The van der Waals surface area contributed by atoms with Crippen LogP contribution in [0.5, 0.6) is 11.5 Å². The molecule has 0 saturated heterocycles. The molecule has 1 aliphatic rings. The third-order valence-electron chi connectivity index (χ3n) is 7.07. The number of carboxylic acids is 1. The number of fused-ring (bicyclic) bond motifs is 1. The molecule has 0 unspecified atom stereocenters. The summed E-state index contributed by atoms with van der Waals surface area (Å²) in [6, 6.07) is 18.2. The summed E-state index contributed by atoms with van der Waals surface area (Å²) in [5.41, 5.74) is 5.45. The van der Waals surface area contributed by atoms with Crippen molar-refractivity contribution < 1.29 is 28.9 Å². The standard InChI is InChI=1S/C32H27ClFN3O5/c33-27-11-22(16-37-28(17-38)32(39)40)30(41-18-20-9-19(13-35)14-36-15-20)12-31(27)42-29-8-7-25-24(5-2-6-26(25)29)21-3-1-4-23(34)10-21/h1-6,9-12,14-15,28-29,37-38H,7-8,16-18H2,(H,39,40)/t28-,29-/m0/s1. The Bertz CT molecular complexity index is 1660. The summed E-state index contributed by atoms with van der Waals surface area (Å²) in [5.74, 6) is -0.722. The largest absolute Gasteiger partial charge is 0.488 e. The van der Waals surface area contributed by atoms with Gasteiger partial charge in [-0.1, -0.05) is 41.9 Å². The number of nitrogens with one attached hydrogen (secondary N) is 1. The zero-order valence-electron chi connectivity index (χ0n) is 22.4. The van der Waals surface area contributed by atoms with Crippen LogP contribution in [-0.2, 0) is 24.4 Å². The molecule has 3 N–H and O–H groups in total. The molecule has 0 bridgehead atoms. The molecule has 4 aromatic rings. The topological polar surface area (TPSA) is 125 Å². The highest BCUT2D eigenvalue weighted by Gasteiger charge is 2.28. The highest BCUT2D eigenvalue weighted by molar-refractivity contribution is 6.32. The average Bonchev–Trinajstić information content (AvgIpc) is 3.40. The van der Waals surface area contributed by atoms with Crippen LogP contribution in [0, 0.1) is 17.1 Å². The van der Waals surface area contributed by atoms with Gasteiger partial charge in [-0.2, -0.15) is 5.26 Å². The quantitative estimate of drug-likeness (QED) is 0.207. The molecule has 2 atom stereocenters. The molecule has 0 spiro atoms. The van der Waals surface area contributed by atoms with Crippen LogP contribution >= 0.6 is 11.6 Å². The predicted molar refractivity (Wildman–Crippen MR) is 154 cm³/mol. The van der Waals surface area contributed by atoms with E-state index in [9.17, 15) is 24.7 Å². The monoisotopic (exact) mass is 587 g/mol. The zero-order chi connectivity index (χ0) is 29.6. The van der Waals surface area contributed by atoms with E-state index in [0.29, 0.717) is 39.6 Å². The second-order valence-electron chi connectivity index (χ2n) is 9.86. The van der Waals surface area contributed by atoms with Crippen molar-refractivity contribution in [3.8, 4) is 28.7 Å². The normalized spacial score (nSPS) is 14.6. The first-order chi connectivity index (χ1) is 20.4. The first-order valence-electron chi connectivity index (χ1n) is 13.3. The number of benzene rings is 3. The summed E-state index contributed by atoms with van der Waals surface area (Å²) in [6.07, 6.45) is 4.18. The SMILES string of the molecule is N#Cc1cncc(COc2cc(O[C@H]3CCc4c(-c5cccc(F)c5)cccc43)c(Cl)cc2CN[C@@H](CO)C(=O)O)c1. The summed E-state index contributed by atoms with van der Waals surface area (Å²) in [7, 11) is 0. The van der Waals surface area contributed by atoms with Crippen molar-refractivity contribution >= 4 is 17.6 Å². The second kappa shape index (κ2) is 13.0. The third kappa shape index (κ3) is 6.52. The van der Waals surface area contributed by atoms with Crippen LogP contribution < -0.4 is 14.8 Å². The molecule has 214 valence electrons. The van der Waals surface area contributed by atoms with Gasteiger partial charge in [0.05, 0.1) is 17.2 Å². The van der Waals surface area contributed by atoms with Gasteiger partial charge in [-0.25, -0.2) is 4.39 Å². The van der Waals surface area contributed by atoms with E-state index in [-0.39, 0.29) is 25.1 Å². The van der Waals surface area contributed by atoms with Crippen LogP contribution in [0.1, 0.15) is 40.3 Å². The Balaban J connectivity index is 1.42. The van der Waals surface area contributed by atoms with Gasteiger partial charge in [0.15, 0.2) is 0 Å². The third-order valence-corrected chi connectivity index (χ3v) is 7.37. The molecule has 42 heavy (non-hydrogen) atoms. The highest BCUT2D eigenvalue weighted by Crippen LogP contribution is 2.43. The molecule has 8 nitrogen and oxygen atoms in total. The maximum atomic E-state index is 13.9. The van der Waals surface area contributed by atoms with Gasteiger partial charge in [0.2, 0.25) is 0 Å². The smallest absolute Gasteiger partial charge is 0.323 e. The van der Waals surface area contributed by atoms with Crippen molar-refractivity contribution in [3.05, 3.63) is 112 Å². The highest BCUT2D eigenvalue weighted by atomic mass is 35.5. The number of carbonyl (C=O) groups is 1. The minimum Gasteiger partial charge on any atom is -0.488 e. The molecule has 1 aromatic heterocycles. The number of hydrogen-bond acceptors (Lipinski definition) is 7. The number of ether oxygens (including phenoxy) is 2. The van der Waals surface area contributed by atoms with Gasteiger partial charge in [-0.05, 0) is 59.4 Å². The van der Waals surface area contributed by atoms with Crippen molar-refractivity contribution in [2.75, 3.05) is 6.61 Å². The van der Waals surface area contributed by atoms with E-state index in [1.807, 2.05) is 30.3 Å². The van der Waals surface area contributed by atoms with Gasteiger partial charge in [-0.15, -0.1) is 0 Å². The Morgan fingerprint density at radius 3 is 2.76 bits per heavy atom. The van der Waals surface area contributed by atoms with E-state index in [1.54, 1.807) is 30.5 Å². The van der Waals surface area contributed by atoms with Crippen molar-refractivity contribution in [1.29, 1.82) is 5.26 Å². The van der Waals surface area contributed by atoms with Crippen LogP contribution in [0.2, 0.25) is 5.02 Å². The average molecular weight is 588 g/mol. The van der Waals surface area contributed by atoms with Gasteiger partial charge in [0, 0.05) is 36.1 Å². The molecule has 0 aliphatic heterocycles. The number of aliphatic carboxylic acids is 1. The van der Waals surface area contributed by atoms with E-state index in [1.165, 1.54) is 18.3 Å². The number of hydrogen-bond donors (Lipinski definition) is 3. The minimum absolute atomic E-state index is 0.0482. The predicted octanol–water partition coefficient (Wildman–Crippen LogP) is 5.59. The molecular formula is C32H27ClFN3O5. The molecule has 1 heterocycles. The summed E-state index contributed by atoms with van der Waals surface area (Å²) < 4.78 is 26.5. The Kier molecular flexibility index (Phi) is 8.98. The van der Waals surface area contributed by atoms with Gasteiger partial charge in [0.1, 0.15) is 42.1 Å². The Labute approximate surface area is 246 Å². The number of nitrogens with zero attached hydrogens (tertiary/aromatic N) is 2. The molecular weight excluding hydrogens is 561 g/mol. The number of rotatable bonds is 11. The fourth-order valence-electron chi connectivity index (χ4n) is 5.01. The number of pyridine rings is 1. The van der Waals surface area contributed by atoms with Crippen molar-refractivity contribution in [1.82, 2.24) is 10.3 Å². The summed E-state index contributed by atoms with van der Waals surface area (Å²) >= 11 is 6.66. The van der Waals surface area contributed by atoms with Crippen LogP contribution in [0.15, 0.2) is 73.1 Å². The Hall–Kier alpha value is -4.49. The van der Waals surface area contributed by atoms with Gasteiger partial charge in [-0.3, -0.25) is 15.1 Å². The Morgan fingerprint density at radius 2 is 2.00 bits per heavy atom. The lowest BCUT2D eigenvalue weighted by molar-refractivity contribution is -0.140. The summed E-state index contributed by atoms with van der Waals surface area (Å²) in [6.45, 7) is -0.458. The van der Waals surface area contributed by atoms with Gasteiger partial charge in [0.25, 0.3) is 0 Å². The first kappa shape index (κ1) is 29.0. The molecule has 0 radical (unpaired) electrons. The number of aromatic nitrogens is 1. The molecule has 5 rings (SSSR count). The lowest BCUT2D eigenvalue weighted by Crippen LogP contribution is -2.39. The minimum atomic E-state index is -1.19. The lowest BCUT2D eigenvalue weighted by atomic mass is 9.96. The second-order valence-corrected chi connectivity index (χ2v) is 10.3. The number of carboxylic acid groups (broad SMARTS) is 1. The molecule has 0 amide bonds. The zero-order valence-corrected chi connectivity index (χ0v) is 23.1. The van der Waals surface area contributed by atoms with Crippen molar-refractivity contribution in [2.45, 2.75) is 38.1 Å². The number of nitriles is 1. The van der Waals surface area contributed by atoms with Gasteiger partial charge >= 0.3 is 5.97 Å². The number of aliphatic hydroxyl groups excluding tert-OH is 1. The van der Waals surface area contributed by atoms with E-state index in [4.69, 9.17) is 21.1 Å². The Morgan fingerprint density at radius 1 is 1.17 bits per heavy atom. The summed E-state index contributed by atoms with van der Waals surface area (Å²) in [4.78, 5) is 15.5. The molecule has 3 aromatic carbocycles. The van der Waals surface area contributed by atoms with Crippen LogP contribution in [0.3, 0.4) is 0 Å². The van der Waals surface area contributed by atoms with Crippen molar-refractivity contribution in [3.63, 3.8) is 0 Å². The van der Waals surface area contributed by atoms with Gasteiger partial charge < -0.3 is 19.7 Å². The van der Waals surface area contributed by atoms with Crippen LogP contribution in [0.4, 0.5) is 4.39 Å². The molecule has 10 heteroatoms. The van der Waals surface area contributed by atoms with E-state index in [0.717, 1.165) is 28.7 Å². The molecule has 1 aliphatic carbocycles. The molecule has 0 saturated carbocycles. The lowest BCUT2D eigenvalue weighted by Gasteiger charge is -2.20.